The molecule has 0 aliphatic heterocycles. The van der Waals surface area contributed by atoms with E-state index in [2.05, 4.69) is 4.98 Å². The Morgan fingerprint density at radius 1 is 1.09 bits per heavy atom. The van der Waals surface area contributed by atoms with Gasteiger partial charge in [-0.25, -0.2) is 9.78 Å². The average Bonchev–Trinajstić information content (AvgIpc) is 2.97. The number of carboxylic acid groups (broad SMARTS) is 1. The lowest BCUT2D eigenvalue weighted by molar-refractivity contribution is 0.0695. The molecule has 1 aromatic heterocycles. The van der Waals surface area contributed by atoms with Gasteiger partial charge in [0.1, 0.15) is 5.82 Å². The van der Waals surface area contributed by atoms with Gasteiger partial charge in [0.2, 0.25) is 0 Å². The third kappa shape index (κ3) is 3.43. The van der Waals surface area contributed by atoms with Crippen LogP contribution in [0.5, 0.6) is 0 Å². The number of carbonyl (C=O) groups is 1. The maximum atomic E-state index is 11.3. The van der Waals surface area contributed by atoms with Crippen LogP contribution in [0.15, 0.2) is 60.9 Å². The summed E-state index contributed by atoms with van der Waals surface area (Å²) in [6, 6.07) is 14.6. The van der Waals surface area contributed by atoms with Crippen molar-refractivity contribution in [2.45, 2.75) is 13.0 Å². The largest absolute Gasteiger partial charge is 0.478 e. The maximum absolute atomic E-state index is 11.3. The molecule has 3 aromatic rings. The standard InChI is InChI=1S/C18H15ClN2O2/c19-16-8-4-2-5-13(16)11-17-20-9-10-21(17)12-14-6-1-3-7-15(14)18(22)23/h1-10H,11-12H2,(H,22,23). The van der Waals surface area contributed by atoms with Gasteiger partial charge in [0.05, 0.1) is 5.56 Å². The van der Waals surface area contributed by atoms with E-state index in [1.54, 1.807) is 18.3 Å². The van der Waals surface area contributed by atoms with Crippen molar-refractivity contribution in [1.29, 1.82) is 0 Å². The van der Waals surface area contributed by atoms with Gasteiger partial charge in [-0.05, 0) is 23.3 Å². The number of aromatic carboxylic acids is 1. The van der Waals surface area contributed by atoms with Crippen LogP contribution in [0.25, 0.3) is 0 Å². The number of halogens is 1. The van der Waals surface area contributed by atoms with Gasteiger partial charge in [0, 0.05) is 30.4 Å². The Morgan fingerprint density at radius 3 is 2.52 bits per heavy atom. The minimum absolute atomic E-state index is 0.310. The van der Waals surface area contributed by atoms with Crippen LogP contribution in [0.2, 0.25) is 5.02 Å². The van der Waals surface area contributed by atoms with E-state index in [1.807, 2.05) is 47.2 Å². The van der Waals surface area contributed by atoms with E-state index in [1.165, 1.54) is 0 Å². The number of hydrogen-bond acceptors (Lipinski definition) is 2. The summed E-state index contributed by atoms with van der Waals surface area (Å²) in [5, 5.41) is 9.99. The fourth-order valence-electron chi connectivity index (χ4n) is 2.51. The lowest BCUT2D eigenvalue weighted by Gasteiger charge is -2.11. The Morgan fingerprint density at radius 2 is 1.78 bits per heavy atom. The fraction of sp³-hybridized carbons (Fsp3) is 0.111. The van der Waals surface area contributed by atoms with Gasteiger partial charge in [-0.15, -0.1) is 0 Å². The molecule has 0 aliphatic carbocycles. The number of carboxylic acids is 1. The van der Waals surface area contributed by atoms with Crippen molar-refractivity contribution in [3.63, 3.8) is 0 Å². The molecule has 0 amide bonds. The quantitative estimate of drug-likeness (QED) is 0.774. The molecule has 4 nitrogen and oxygen atoms in total. The van der Waals surface area contributed by atoms with Crippen molar-refractivity contribution in [2.75, 3.05) is 0 Å². The Bertz CT molecular complexity index is 842. The number of rotatable bonds is 5. The molecule has 0 atom stereocenters. The molecule has 0 bridgehead atoms. The van der Waals surface area contributed by atoms with Gasteiger partial charge in [0.15, 0.2) is 0 Å². The van der Waals surface area contributed by atoms with E-state index in [0.29, 0.717) is 23.6 Å². The molecule has 2 aromatic carbocycles. The number of nitrogens with zero attached hydrogens (tertiary/aromatic N) is 2. The first kappa shape index (κ1) is 15.3. The minimum atomic E-state index is -0.923. The lowest BCUT2D eigenvalue weighted by atomic mass is 10.1. The van der Waals surface area contributed by atoms with E-state index in [0.717, 1.165) is 17.0 Å². The molecule has 3 rings (SSSR count). The second-order valence-electron chi connectivity index (χ2n) is 5.20. The number of hydrogen-bond donors (Lipinski definition) is 1. The topological polar surface area (TPSA) is 55.1 Å². The van der Waals surface area contributed by atoms with Gasteiger partial charge in [-0.2, -0.15) is 0 Å². The van der Waals surface area contributed by atoms with Crippen LogP contribution in [0.3, 0.4) is 0 Å². The molecular formula is C18H15ClN2O2. The molecule has 116 valence electrons. The van der Waals surface area contributed by atoms with Crippen LogP contribution in [0.1, 0.15) is 27.3 Å². The summed E-state index contributed by atoms with van der Waals surface area (Å²) in [5.41, 5.74) is 2.05. The highest BCUT2D eigenvalue weighted by atomic mass is 35.5. The summed E-state index contributed by atoms with van der Waals surface area (Å²) in [5.74, 6) is -0.0772. The van der Waals surface area contributed by atoms with Gasteiger partial charge in [0.25, 0.3) is 0 Å². The summed E-state index contributed by atoms with van der Waals surface area (Å²) in [4.78, 5) is 15.7. The van der Waals surface area contributed by atoms with Crippen molar-refractivity contribution in [3.05, 3.63) is 88.5 Å². The van der Waals surface area contributed by atoms with Crippen LogP contribution in [-0.2, 0) is 13.0 Å². The molecule has 23 heavy (non-hydrogen) atoms. The Kier molecular flexibility index (Phi) is 4.44. The molecular weight excluding hydrogens is 312 g/mol. The number of imidazole rings is 1. The zero-order chi connectivity index (χ0) is 16.2. The van der Waals surface area contributed by atoms with Gasteiger partial charge in [-0.3, -0.25) is 0 Å². The highest BCUT2D eigenvalue weighted by molar-refractivity contribution is 6.31. The predicted molar refractivity (Wildman–Crippen MR) is 89.0 cm³/mol. The lowest BCUT2D eigenvalue weighted by Crippen LogP contribution is -2.09. The maximum Gasteiger partial charge on any atom is 0.336 e. The molecule has 0 unspecified atom stereocenters. The molecule has 1 N–H and O–H groups in total. The zero-order valence-corrected chi connectivity index (χ0v) is 13.1. The van der Waals surface area contributed by atoms with Crippen molar-refractivity contribution >= 4 is 17.6 Å². The summed E-state index contributed by atoms with van der Waals surface area (Å²) in [6.07, 6.45) is 4.17. The normalized spacial score (nSPS) is 10.7. The summed E-state index contributed by atoms with van der Waals surface area (Å²) < 4.78 is 1.95. The van der Waals surface area contributed by atoms with Crippen molar-refractivity contribution in [2.24, 2.45) is 0 Å². The van der Waals surface area contributed by atoms with Crippen LogP contribution in [0, 0.1) is 0 Å². The van der Waals surface area contributed by atoms with Gasteiger partial charge >= 0.3 is 5.97 Å². The van der Waals surface area contributed by atoms with Crippen LogP contribution < -0.4 is 0 Å². The monoisotopic (exact) mass is 326 g/mol. The van der Waals surface area contributed by atoms with Gasteiger partial charge < -0.3 is 9.67 Å². The number of aromatic nitrogens is 2. The smallest absolute Gasteiger partial charge is 0.336 e. The highest BCUT2D eigenvalue weighted by Gasteiger charge is 2.12. The molecule has 1 heterocycles. The number of benzene rings is 2. The Balaban J connectivity index is 1.88. The minimum Gasteiger partial charge on any atom is -0.478 e. The first-order valence-corrected chi connectivity index (χ1v) is 7.57. The van der Waals surface area contributed by atoms with Crippen molar-refractivity contribution in [3.8, 4) is 0 Å². The van der Waals surface area contributed by atoms with Crippen LogP contribution >= 0.6 is 11.6 Å². The Labute approximate surface area is 139 Å². The first-order valence-electron chi connectivity index (χ1n) is 7.20. The van der Waals surface area contributed by atoms with Crippen LogP contribution in [-0.4, -0.2) is 20.6 Å². The van der Waals surface area contributed by atoms with Gasteiger partial charge in [-0.1, -0.05) is 48.0 Å². The third-order valence-corrected chi connectivity index (χ3v) is 4.07. The van der Waals surface area contributed by atoms with E-state index in [-0.39, 0.29) is 0 Å². The highest BCUT2D eigenvalue weighted by Crippen LogP contribution is 2.19. The molecule has 0 saturated carbocycles. The van der Waals surface area contributed by atoms with Crippen molar-refractivity contribution in [1.82, 2.24) is 9.55 Å². The van der Waals surface area contributed by atoms with E-state index >= 15 is 0 Å². The Hall–Kier alpha value is -2.59. The zero-order valence-electron chi connectivity index (χ0n) is 12.3. The predicted octanol–water partition coefficient (Wildman–Crippen LogP) is 3.87. The van der Waals surface area contributed by atoms with E-state index in [9.17, 15) is 9.90 Å². The summed E-state index contributed by atoms with van der Waals surface area (Å²) >= 11 is 6.21. The molecule has 0 aliphatic rings. The second-order valence-corrected chi connectivity index (χ2v) is 5.61. The average molecular weight is 327 g/mol. The van der Waals surface area contributed by atoms with E-state index in [4.69, 9.17) is 11.6 Å². The molecule has 5 heteroatoms. The van der Waals surface area contributed by atoms with Crippen molar-refractivity contribution < 1.29 is 9.90 Å². The summed E-state index contributed by atoms with van der Waals surface area (Å²) in [7, 11) is 0. The molecule has 0 fully saturated rings. The second kappa shape index (κ2) is 6.67. The molecule has 0 spiro atoms. The first-order chi connectivity index (χ1) is 11.1. The fourth-order valence-corrected chi connectivity index (χ4v) is 2.72. The molecule has 0 saturated heterocycles. The van der Waals surface area contributed by atoms with Crippen LogP contribution in [0.4, 0.5) is 0 Å². The molecule has 0 radical (unpaired) electrons. The van der Waals surface area contributed by atoms with E-state index < -0.39 is 5.97 Å². The SMILES string of the molecule is O=C(O)c1ccccc1Cn1ccnc1Cc1ccccc1Cl. The third-order valence-electron chi connectivity index (χ3n) is 3.70. The summed E-state index contributed by atoms with van der Waals surface area (Å²) in [6.45, 7) is 0.461.